The van der Waals surface area contributed by atoms with Crippen LogP contribution in [0.1, 0.15) is 33.6 Å². The molecule has 2 heteroatoms. The Morgan fingerprint density at radius 1 is 1.40 bits per heavy atom. The van der Waals surface area contributed by atoms with Crippen molar-refractivity contribution in [2.24, 2.45) is 11.8 Å². The van der Waals surface area contributed by atoms with Crippen LogP contribution in [-0.4, -0.2) is 55.2 Å². The van der Waals surface area contributed by atoms with E-state index in [9.17, 15) is 4.79 Å². The summed E-state index contributed by atoms with van der Waals surface area (Å²) in [7, 11) is 0. The fraction of sp³-hybridized carbons (Fsp3) is 0.875. The molecule has 0 aliphatic heterocycles. The number of hydrogen-bond acceptors (Lipinski definition) is 1. The number of rotatable bonds is 4. The van der Waals surface area contributed by atoms with E-state index in [0.717, 1.165) is 19.1 Å². The summed E-state index contributed by atoms with van der Waals surface area (Å²) in [6.07, 6.45) is 3.10. The summed E-state index contributed by atoms with van der Waals surface area (Å²) in [6.45, 7) is 6.35. The first-order valence-electron chi connectivity index (χ1n) is 3.66. The summed E-state index contributed by atoms with van der Waals surface area (Å²) in [5.74, 6) is 0.949. The predicted octanol–water partition coefficient (Wildman–Crippen LogP) is 1.34. The second-order valence-electron chi connectivity index (χ2n) is 2.93. The standard InChI is InChI=1S/C8H16O.Ba.2H/c1-4-8(6-9)5-7(2)3;;;/h6-8H,4-5H2,1-3H3;;;. The van der Waals surface area contributed by atoms with Crippen molar-refractivity contribution < 1.29 is 4.79 Å². The van der Waals surface area contributed by atoms with Crippen molar-refractivity contribution >= 4 is 55.2 Å². The van der Waals surface area contributed by atoms with Crippen LogP contribution in [0.25, 0.3) is 0 Å². The molecule has 0 N–H and O–H groups in total. The van der Waals surface area contributed by atoms with Gasteiger partial charge in [0.25, 0.3) is 0 Å². The van der Waals surface area contributed by atoms with E-state index in [1.54, 1.807) is 0 Å². The predicted molar refractivity (Wildman–Crippen MR) is 47.8 cm³/mol. The van der Waals surface area contributed by atoms with Crippen LogP contribution >= 0.6 is 0 Å². The van der Waals surface area contributed by atoms with Gasteiger partial charge in [0.15, 0.2) is 0 Å². The molecule has 0 aromatic carbocycles. The van der Waals surface area contributed by atoms with Gasteiger partial charge >= 0.3 is 48.9 Å². The van der Waals surface area contributed by atoms with Crippen LogP contribution in [0.5, 0.6) is 0 Å². The van der Waals surface area contributed by atoms with Crippen molar-refractivity contribution in [1.29, 1.82) is 0 Å². The quantitative estimate of drug-likeness (QED) is 0.555. The summed E-state index contributed by atoms with van der Waals surface area (Å²) < 4.78 is 0. The van der Waals surface area contributed by atoms with Gasteiger partial charge in [-0.2, -0.15) is 0 Å². The third-order valence-corrected chi connectivity index (χ3v) is 1.49. The average molecular weight is 268 g/mol. The van der Waals surface area contributed by atoms with Crippen LogP contribution in [0, 0.1) is 11.8 Å². The van der Waals surface area contributed by atoms with Crippen molar-refractivity contribution in [3.63, 3.8) is 0 Å². The molecule has 0 heterocycles. The zero-order chi connectivity index (χ0) is 7.28. The fourth-order valence-corrected chi connectivity index (χ4v) is 0.924. The van der Waals surface area contributed by atoms with Crippen molar-refractivity contribution in [3.8, 4) is 0 Å². The van der Waals surface area contributed by atoms with E-state index in [1.807, 2.05) is 0 Å². The van der Waals surface area contributed by atoms with Crippen LogP contribution in [0.3, 0.4) is 0 Å². The summed E-state index contributed by atoms with van der Waals surface area (Å²) in [5.41, 5.74) is 0. The first-order chi connectivity index (χ1) is 4.20. The van der Waals surface area contributed by atoms with E-state index in [2.05, 4.69) is 20.8 Å². The van der Waals surface area contributed by atoms with Gasteiger partial charge in [-0.1, -0.05) is 20.8 Å². The SMILES string of the molecule is CCC(C=O)CC(C)C.[BaH2]. The molecule has 0 radical (unpaired) electrons. The first kappa shape index (κ1) is 13.8. The molecule has 0 spiro atoms. The molecule has 1 unspecified atom stereocenters. The van der Waals surface area contributed by atoms with Crippen molar-refractivity contribution in [2.45, 2.75) is 33.6 Å². The molecule has 1 atom stereocenters. The molecule has 0 saturated carbocycles. The maximum atomic E-state index is 10.3. The van der Waals surface area contributed by atoms with Gasteiger partial charge in [-0.05, 0) is 18.8 Å². The molecule has 0 bridgehead atoms. The maximum absolute atomic E-state index is 10.3. The normalized spacial score (nSPS) is 12.4. The Labute approximate surface area is 104 Å². The molecular formula is C8H18BaO. The third-order valence-electron chi connectivity index (χ3n) is 1.49. The molecule has 0 aliphatic rings. The molecule has 0 aromatic rings. The summed E-state index contributed by atoms with van der Waals surface area (Å²) >= 11 is 0. The Kier molecular flexibility index (Phi) is 11.5. The van der Waals surface area contributed by atoms with E-state index in [4.69, 9.17) is 0 Å². The van der Waals surface area contributed by atoms with Gasteiger partial charge in [-0.3, -0.25) is 0 Å². The van der Waals surface area contributed by atoms with Crippen LogP contribution in [0.4, 0.5) is 0 Å². The Morgan fingerprint density at radius 3 is 2.00 bits per heavy atom. The summed E-state index contributed by atoms with van der Waals surface area (Å²) in [4.78, 5) is 10.3. The monoisotopic (exact) mass is 268 g/mol. The van der Waals surface area contributed by atoms with Crippen LogP contribution in [0.2, 0.25) is 0 Å². The van der Waals surface area contributed by atoms with Gasteiger partial charge in [0.1, 0.15) is 6.29 Å². The summed E-state index contributed by atoms with van der Waals surface area (Å²) in [6, 6.07) is 0. The van der Waals surface area contributed by atoms with Crippen LogP contribution < -0.4 is 0 Å². The molecule has 0 aromatic heterocycles. The van der Waals surface area contributed by atoms with E-state index in [-0.39, 0.29) is 48.9 Å². The Bertz CT molecular complexity index is 81.3. The minimum absolute atomic E-state index is 0. The van der Waals surface area contributed by atoms with Gasteiger partial charge in [0.05, 0.1) is 0 Å². The van der Waals surface area contributed by atoms with Gasteiger partial charge < -0.3 is 4.79 Å². The van der Waals surface area contributed by atoms with E-state index >= 15 is 0 Å². The second-order valence-corrected chi connectivity index (χ2v) is 2.93. The molecule has 0 saturated heterocycles. The Morgan fingerprint density at radius 2 is 1.90 bits per heavy atom. The van der Waals surface area contributed by atoms with Gasteiger partial charge in [-0.15, -0.1) is 0 Å². The number of hydrogen-bond donors (Lipinski definition) is 0. The second kappa shape index (κ2) is 8.34. The molecule has 1 nitrogen and oxygen atoms in total. The molecule has 58 valence electrons. The fourth-order valence-electron chi connectivity index (χ4n) is 0.924. The van der Waals surface area contributed by atoms with Crippen molar-refractivity contribution in [3.05, 3.63) is 0 Å². The van der Waals surface area contributed by atoms with E-state index in [1.165, 1.54) is 0 Å². The van der Waals surface area contributed by atoms with E-state index < -0.39 is 0 Å². The number of aldehydes is 1. The molecule has 0 rings (SSSR count). The van der Waals surface area contributed by atoms with Crippen molar-refractivity contribution in [2.75, 3.05) is 0 Å². The van der Waals surface area contributed by atoms with Gasteiger partial charge in [0, 0.05) is 5.92 Å². The molecule has 0 amide bonds. The average Bonchev–Trinajstić information content (AvgIpc) is 1.82. The molecule has 0 fully saturated rings. The van der Waals surface area contributed by atoms with Crippen LogP contribution in [-0.2, 0) is 4.79 Å². The third kappa shape index (κ3) is 7.35. The minimum atomic E-state index is 0. The zero-order valence-corrected chi connectivity index (χ0v) is 6.55. The molecular weight excluding hydrogens is 249 g/mol. The molecule has 0 aliphatic carbocycles. The Balaban J connectivity index is 0. The van der Waals surface area contributed by atoms with Gasteiger partial charge in [-0.25, -0.2) is 0 Å². The molecule has 10 heavy (non-hydrogen) atoms. The first-order valence-corrected chi connectivity index (χ1v) is 3.66. The van der Waals surface area contributed by atoms with E-state index in [0.29, 0.717) is 11.8 Å². The Hall–Kier alpha value is 1.24. The topological polar surface area (TPSA) is 17.1 Å². The number of carbonyl (C=O) groups excluding carboxylic acids is 1. The van der Waals surface area contributed by atoms with Crippen molar-refractivity contribution in [1.82, 2.24) is 0 Å². The van der Waals surface area contributed by atoms with Gasteiger partial charge in [0.2, 0.25) is 0 Å². The van der Waals surface area contributed by atoms with Crippen LogP contribution in [0.15, 0.2) is 0 Å². The number of carbonyl (C=O) groups is 1. The zero-order valence-electron chi connectivity index (χ0n) is 6.55. The summed E-state index contributed by atoms with van der Waals surface area (Å²) in [5, 5.41) is 0.